The maximum Gasteiger partial charge on any atom is 0.422 e. The van der Waals surface area contributed by atoms with Gasteiger partial charge in [0.05, 0.1) is 0 Å². The van der Waals surface area contributed by atoms with E-state index in [-0.39, 0.29) is 15.5 Å². The summed E-state index contributed by atoms with van der Waals surface area (Å²) in [5.41, 5.74) is -2.06. The third-order valence-electron chi connectivity index (χ3n) is 3.59. The third kappa shape index (κ3) is 3.07. The lowest BCUT2D eigenvalue weighted by molar-refractivity contribution is -0.273. The van der Waals surface area contributed by atoms with Gasteiger partial charge in [-0.2, -0.15) is 13.2 Å². The first kappa shape index (κ1) is 17.8. The molecule has 0 amide bonds. The van der Waals surface area contributed by atoms with Crippen LogP contribution in [0.3, 0.4) is 0 Å². The highest BCUT2D eigenvalue weighted by Crippen LogP contribution is 2.51. The van der Waals surface area contributed by atoms with E-state index in [0.717, 1.165) is 11.3 Å². The van der Waals surface area contributed by atoms with Gasteiger partial charge < -0.3 is 5.11 Å². The van der Waals surface area contributed by atoms with Crippen molar-refractivity contribution in [1.29, 1.82) is 0 Å². The minimum absolute atomic E-state index is 0.135. The summed E-state index contributed by atoms with van der Waals surface area (Å²) in [6, 6.07) is 5.98. The normalized spacial score (nSPS) is 16.4. The quantitative estimate of drug-likeness (QED) is 0.652. The molecule has 0 aliphatic heterocycles. The van der Waals surface area contributed by atoms with Gasteiger partial charge in [-0.05, 0) is 41.6 Å². The van der Waals surface area contributed by atoms with Crippen LogP contribution in [-0.4, -0.2) is 11.3 Å². The van der Waals surface area contributed by atoms with E-state index in [1.165, 1.54) is 25.1 Å². The molecule has 0 radical (unpaired) electrons. The Balaban J connectivity index is 2.59. The molecule has 120 valence electrons. The van der Waals surface area contributed by atoms with Crippen molar-refractivity contribution < 1.29 is 18.3 Å². The molecular formula is C15H13BrClF3OS. The highest BCUT2D eigenvalue weighted by atomic mass is 79.9. The number of alkyl halides is 3. The van der Waals surface area contributed by atoms with Crippen molar-refractivity contribution in [2.45, 2.75) is 31.5 Å². The molecule has 2 rings (SSSR count). The van der Waals surface area contributed by atoms with Crippen molar-refractivity contribution in [3.63, 3.8) is 0 Å². The predicted octanol–water partition coefficient (Wildman–Crippen LogP) is 6.03. The number of benzene rings is 1. The molecule has 7 heteroatoms. The monoisotopic (exact) mass is 412 g/mol. The molecule has 0 bridgehead atoms. The summed E-state index contributed by atoms with van der Waals surface area (Å²) >= 11 is 10.2. The lowest BCUT2D eigenvalue weighted by atomic mass is 9.81. The summed E-state index contributed by atoms with van der Waals surface area (Å²) in [6.07, 6.45) is -4.82. The van der Waals surface area contributed by atoms with Crippen LogP contribution in [0.2, 0.25) is 5.02 Å². The van der Waals surface area contributed by atoms with Gasteiger partial charge in [0.25, 0.3) is 0 Å². The number of thiophene rings is 1. The molecule has 0 saturated heterocycles. The summed E-state index contributed by atoms with van der Waals surface area (Å²) in [7, 11) is 0. The summed E-state index contributed by atoms with van der Waals surface area (Å²) in [6.45, 7) is 3.02. The zero-order chi connectivity index (χ0) is 16.7. The van der Waals surface area contributed by atoms with Gasteiger partial charge >= 0.3 is 6.18 Å². The maximum atomic E-state index is 13.7. The molecule has 0 aliphatic rings. The van der Waals surface area contributed by atoms with Crippen LogP contribution < -0.4 is 0 Å². The Labute approximate surface area is 143 Å². The number of aryl methyl sites for hydroxylation is 1. The molecule has 1 N–H and O–H groups in total. The van der Waals surface area contributed by atoms with Gasteiger partial charge in [0.15, 0.2) is 0 Å². The fourth-order valence-corrected chi connectivity index (χ4v) is 4.25. The summed E-state index contributed by atoms with van der Waals surface area (Å²) < 4.78 is 41.6. The Kier molecular flexibility index (Phi) is 4.97. The van der Waals surface area contributed by atoms with Crippen LogP contribution >= 0.6 is 38.9 Å². The van der Waals surface area contributed by atoms with E-state index in [2.05, 4.69) is 15.9 Å². The van der Waals surface area contributed by atoms with Crippen molar-refractivity contribution >= 4 is 38.9 Å². The van der Waals surface area contributed by atoms with Crippen molar-refractivity contribution in [2.24, 2.45) is 0 Å². The molecule has 1 aromatic heterocycles. The van der Waals surface area contributed by atoms with E-state index >= 15 is 0 Å². The second-order valence-electron chi connectivity index (χ2n) is 5.14. The predicted molar refractivity (Wildman–Crippen MR) is 86.6 cm³/mol. The molecule has 2 aromatic rings. The SMILES string of the molecule is Cc1csc(C(O)(C(C)c2ccc(Br)cc2Cl)C(F)(F)F)c1. The Hall–Kier alpha value is -0.560. The number of aliphatic hydroxyl groups is 1. The Bertz CT molecular complexity index is 686. The van der Waals surface area contributed by atoms with Crippen LogP contribution in [0.1, 0.15) is 28.8 Å². The molecule has 2 unspecified atom stereocenters. The van der Waals surface area contributed by atoms with Crippen LogP contribution in [0.15, 0.2) is 34.1 Å². The van der Waals surface area contributed by atoms with Gasteiger partial charge in [-0.3, -0.25) is 0 Å². The third-order valence-corrected chi connectivity index (χ3v) is 5.59. The van der Waals surface area contributed by atoms with Crippen molar-refractivity contribution in [1.82, 2.24) is 0 Å². The van der Waals surface area contributed by atoms with E-state index in [0.29, 0.717) is 10.0 Å². The van der Waals surface area contributed by atoms with E-state index in [1.807, 2.05) is 0 Å². The lowest BCUT2D eigenvalue weighted by Gasteiger charge is -2.35. The minimum Gasteiger partial charge on any atom is -0.375 e. The lowest BCUT2D eigenvalue weighted by Crippen LogP contribution is -2.46. The first-order valence-electron chi connectivity index (χ1n) is 6.37. The number of rotatable bonds is 3. The Morgan fingerprint density at radius 3 is 2.36 bits per heavy atom. The van der Waals surface area contributed by atoms with Gasteiger partial charge in [0, 0.05) is 20.3 Å². The average Bonchev–Trinajstić information content (AvgIpc) is 2.82. The summed E-state index contributed by atoms with van der Waals surface area (Å²) in [5.74, 6) is -1.24. The van der Waals surface area contributed by atoms with E-state index in [4.69, 9.17) is 11.6 Å². The first-order valence-corrected chi connectivity index (χ1v) is 8.42. The van der Waals surface area contributed by atoms with Crippen LogP contribution in [0, 0.1) is 6.92 Å². The van der Waals surface area contributed by atoms with Gasteiger partial charge in [-0.25, -0.2) is 0 Å². The van der Waals surface area contributed by atoms with Gasteiger partial charge in [0.2, 0.25) is 5.60 Å². The second-order valence-corrected chi connectivity index (χ2v) is 7.37. The van der Waals surface area contributed by atoms with Gasteiger partial charge in [-0.15, -0.1) is 11.3 Å². The van der Waals surface area contributed by atoms with Crippen molar-refractivity contribution in [2.75, 3.05) is 0 Å². The summed E-state index contributed by atoms with van der Waals surface area (Å²) in [5, 5.41) is 12.3. The van der Waals surface area contributed by atoms with E-state index in [1.54, 1.807) is 18.4 Å². The maximum absolute atomic E-state index is 13.7. The molecule has 1 heterocycles. The smallest absolute Gasteiger partial charge is 0.375 e. The molecule has 0 spiro atoms. The molecular weight excluding hydrogens is 401 g/mol. The summed E-state index contributed by atoms with van der Waals surface area (Å²) in [4.78, 5) is -0.135. The largest absolute Gasteiger partial charge is 0.422 e. The molecule has 0 saturated carbocycles. The molecule has 22 heavy (non-hydrogen) atoms. The number of halogens is 5. The minimum atomic E-state index is -4.82. The molecule has 1 aromatic carbocycles. The van der Waals surface area contributed by atoms with Crippen LogP contribution in [0.5, 0.6) is 0 Å². The fourth-order valence-electron chi connectivity index (χ4n) is 2.31. The van der Waals surface area contributed by atoms with Crippen LogP contribution in [0.25, 0.3) is 0 Å². The molecule has 0 fully saturated rings. The Morgan fingerprint density at radius 1 is 1.27 bits per heavy atom. The van der Waals surface area contributed by atoms with Gasteiger partial charge in [0.1, 0.15) is 0 Å². The van der Waals surface area contributed by atoms with Crippen LogP contribution in [0.4, 0.5) is 13.2 Å². The molecule has 1 nitrogen and oxygen atoms in total. The highest BCUT2D eigenvalue weighted by Gasteiger charge is 2.59. The fraction of sp³-hybridized carbons (Fsp3) is 0.333. The second kappa shape index (κ2) is 6.15. The zero-order valence-electron chi connectivity index (χ0n) is 11.7. The number of hydrogen-bond donors (Lipinski definition) is 1. The first-order chi connectivity index (χ1) is 10.1. The number of hydrogen-bond acceptors (Lipinski definition) is 2. The highest BCUT2D eigenvalue weighted by molar-refractivity contribution is 9.10. The topological polar surface area (TPSA) is 20.2 Å². The average molecular weight is 414 g/mol. The molecule has 2 atom stereocenters. The van der Waals surface area contributed by atoms with E-state index in [9.17, 15) is 18.3 Å². The van der Waals surface area contributed by atoms with Crippen molar-refractivity contribution in [3.8, 4) is 0 Å². The van der Waals surface area contributed by atoms with Crippen molar-refractivity contribution in [3.05, 3.63) is 55.1 Å². The Morgan fingerprint density at radius 2 is 1.91 bits per heavy atom. The zero-order valence-corrected chi connectivity index (χ0v) is 14.9. The van der Waals surface area contributed by atoms with E-state index < -0.39 is 17.7 Å². The van der Waals surface area contributed by atoms with Gasteiger partial charge in [-0.1, -0.05) is 40.5 Å². The van der Waals surface area contributed by atoms with Crippen LogP contribution in [-0.2, 0) is 5.60 Å². The standard InChI is InChI=1S/C15H13BrClF3OS/c1-8-5-13(22-7-8)14(21,15(18,19)20)9(2)11-4-3-10(16)6-12(11)17/h3-7,9,21H,1-2H3. The molecule has 0 aliphatic carbocycles.